The minimum atomic E-state index is -3.38. The van der Waals surface area contributed by atoms with Gasteiger partial charge in [0.2, 0.25) is 15.9 Å². The first kappa shape index (κ1) is 21.2. The number of aryl methyl sites for hydroxylation is 2. The van der Waals surface area contributed by atoms with Gasteiger partial charge in [0.25, 0.3) is 0 Å². The first-order valence-electron chi connectivity index (χ1n) is 9.68. The number of benzene rings is 1. The molecule has 0 amide bonds. The first-order valence-corrected chi connectivity index (χ1v) is 11.1. The molecule has 0 bridgehead atoms. The maximum absolute atomic E-state index is 12.7. The van der Waals surface area contributed by atoms with E-state index in [1.54, 1.807) is 16.4 Å². The molecule has 1 aliphatic carbocycles. The predicted molar refractivity (Wildman–Crippen MR) is 108 cm³/mol. The summed E-state index contributed by atoms with van der Waals surface area (Å²) < 4.78 is 32.3. The van der Waals surface area contributed by atoms with E-state index in [2.05, 4.69) is 10.1 Å². The van der Waals surface area contributed by atoms with Crippen LogP contribution >= 0.6 is 12.4 Å². The van der Waals surface area contributed by atoms with Crippen LogP contribution in [0.2, 0.25) is 0 Å². The molecule has 154 valence electrons. The Morgan fingerprint density at radius 2 is 1.71 bits per heavy atom. The number of nitrogens with two attached hydrogens (primary N) is 1. The lowest BCUT2D eigenvalue weighted by Crippen LogP contribution is -2.44. The summed E-state index contributed by atoms with van der Waals surface area (Å²) in [6, 6.07) is 7.12. The van der Waals surface area contributed by atoms with Crippen molar-refractivity contribution in [2.24, 2.45) is 5.73 Å². The van der Waals surface area contributed by atoms with Crippen LogP contribution in [0.4, 0.5) is 0 Å². The average molecular weight is 427 g/mol. The van der Waals surface area contributed by atoms with Gasteiger partial charge in [-0.05, 0) is 56.2 Å². The molecule has 1 aromatic heterocycles. The summed E-state index contributed by atoms with van der Waals surface area (Å²) in [5.41, 5.74) is 6.85. The summed E-state index contributed by atoms with van der Waals surface area (Å²) in [5, 5.41) is 4.02. The number of nitrogens with zero attached hydrogens (tertiary/aromatic N) is 3. The highest BCUT2D eigenvalue weighted by Gasteiger charge is 2.38. The van der Waals surface area contributed by atoms with Gasteiger partial charge < -0.3 is 10.3 Å². The molecule has 2 aliphatic rings. The summed E-state index contributed by atoms with van der Waals surface area (Å²) in [5.74, 6) is 1.18. The molecule has 2 heterocycles. The third kappa shape index (κ3) is 4.25. The second kappa shape index (κ2) is 8.49. The van der Waals surface area contributed by atoms with Crippen molar-refractivity contribution in [3.8, 4) is 0 Å². The lowest BCUT2D eigenvalue weighted by Gasteiger charge is -2.34. The van der Waals surface area contributed by atoms with E-state index in [1.165, 1.54) is 0 Å². The maximum Gasteiger partial charge on any atom is 0.243 e. The minimum absolute atomic E-state index is 0. The normalized spacial score (nSPS) is 19.6. The molecule has 7 nitrogen and oxygen atoms in total. The molecule has 28 heavy (non-hydrogen) atoms. The zero-order valence-corrected chi connectivity index (χ0v) is 17.5. The van der Waals surface area contributed by atoms with Crippen molar-refractivity contribution >= 4 is 22.4 Å². The lowest BCUT2D eigenvalue weighted by molar-refractivity contribution is 0.229. The van der Waals surface area contributed by atoms with Crippen LogP contribution in [0.1, 0.15) is 55.8 Å². The second-order valence-corrected chi connectivity index (χ2v) is 9.57. The van der Waals surface area contributed by atoms with Crippen molar-refractivity contribution in [1.82, 2.24) is 14.4 Å². The van der Waals surface area contributed by atoms with Gasteiger partial charge in [0.05, 0.1) is 10.4 Å². The molecule has 1 saturated heterocycles. The number of hydrogen-bond donors (Lipinski definition) is 1. The third-order valence-electron chi connectivity index (χ3n) is 5.66. The molecule has 0 spiro atoms. The van der Waals surface area contributed by atoms with E-state index in [9.17, 15) is 8.42 Å². The van der Waals surface area contributed by atoms with E-state index in [-0.39, 0.29) is 12.4 Å². The van der Waals surface area contributed by atoms with Crippen LogP contribution < -0.4 is 5.73 Å². The van der Waals surface area contributed by atoms with E-state index in [4.69, 9.17) is 10.3 Å². The van der Waals surface area contributed by atoms with Crippen molar-refractivity contribution in [3.05, 3.63) is 41.5 Å². The number of rotatable bonds is 6. The van der Waals surface area contributed by atoms with E-state index in [0.29, 0.717) is 42.5 Å². The third-order valence-corrected chi connectivity index (χ3v) is 7.58. The molecule has 4 rings (SSSR count). The van der Waals surface area contributed by atoms with Crippen molar-refractivity contribution < 1.29 is 12.9 Å². The van der Waals surface area contributed by atoms with Crippen molar-refractivity contribution in [2.75, 3.05) is 13.1 Å². The highest BCUT2D eigenvalue weighted by atomic mass is 35.5. The number of halogens is 1. The summed E-state index contributed by atoms with van der Waals surface area (Å²) >= 11 is 0. The van der Waals surface area contributed by atoms with Gasteiger partial charge in [-0.15, -0.1) is 12.4 Å². The lowest BCUT2D eigenvalue weighted by atomic mass is 9.77. The quantitative estimate of drug-likeness (QED) is 0.761. The molecular weight excluding hydrogens is 400 g/mol. The van der Waals surface area contributed by atoms with E-state index in [1.807, 2.05) is 12.1 Å². The minimum Gasteiger partial charge on any atom is -0.339 e. The number of aromatic nitrogens is 2. The van der Waals surface area contributed by atoms with E-state index in [0.717, 1.165) is 44.1 Å². The first-order chi connectivity index (χ1) is 13.0. The standard InChI is InChI=1S/C19H26N4O3S.ClH/c20-19(11-4-12-19)18-21-17(26-22-18)10-7-15-5-8-16(9-6-15)27(24,25)23-13-2-1-3-14-23;/h5-6,8-9H,1-4,7,10-14,20H2;1H. The van der Waals surface area contributed by atoms with Crippen LogP contribution in [0.25, 0.3) is 0 Å². The Morgan fingerprint density at radius 1 is 1.04 bits per heavy atom. The number of sulfonamides is 1. The fourth-order valence-corrected chi connectivity index (χ4v) is 5.19. The van der Waals surface area contributed by atoms with Crippen LogP contribution in [0.15, 0.2) is 33.7 Å². The summed E-state index contributed by atoms with van der Waals surface area (Å²) in [6.07, 6.45) is 7.21. The zero-order valence-electron chi connectivity index (χ0n) is 15.8. The Bertz CT molecular complexity index is 888. The van der Waals surface area contributed by atoms with Crippen LogP contribution in [0, 0.1) is 0 Å². The van der Waals surface area contributed by atoms with Crippen molar-refractivity contribution in [1.29, 1.82) is 0 Å². The fraction of sp³-hybridized carbons (Fsp3) is 0.579. The Morgan fingerprint density at radius 3 is 2.32 bits per heavy atom. The van der Waals surface area contributed by atoms with Crippen LogP contribution in [-0.2, 0) is 28.4 Å². The van der Waals surface area contributed by atoms with Gasteiger partial charge in [-0.25, -0.2) is 8.42 Å². The molecule has 1 aliphatic heterocycles. The monoisotopic (exact) mass is 426 g/mol. The van der Waals surface area contributed by atoms with Gasteiger partial charge in [0, 0.05) is 19.5 Å². The Labute approximate surface area is 172 Å². The van der Waals surface area contributed by atoms with Gasteiger partial charge in [-0.3, -0.25) is 0 Å². The smallest absolute Gasteiger partial charge is 0.243 e. The Kier molecular flexibility index (Phi) is 6.44. The molecule has 2 N–H and O–H groups in total. The van der Waals surface area contributed by atoms with Gasteiger partial charge in [-0.2, -0.15) is 9.29 Å². The van der Waals surface area contributed by atoms with Gasteiger partial charge in [-0.1, -0.05) is 23.7 Å². The van der Waals surface area contributed by atoms with Gasteiger partial charge in [0.15, 0.2) is 5.82 Å². The molecule has 0 radical (unpaired) electrons. The largest absolute Gasteiger partial charge is 0.339 e. The van der Waals surface area contributed by atoms with Crippen molar-refractivity contribution in [2.45, 2.75) is 61.8 Å². The summed E-state index contributed by atoms with van der Waals surface area (Å²) in [4.78, 5) is 4.80. The zero-order chi connectivity index (χ0) is 18.9. The molecule has 9 heteroatoms. The number of piperidine rings is 1. The van der Waals surface area contributed by atoms with E-state index >= 15 is 0 Å². The Balaban J connectivity index is 0.00000225. The predicted octanol–water partition coefficient (Wildman–Crippen LogP) is 2.79. The average Bonchev–Trinajstić information content (AvgIpc) is 3.15. The Hall–Kier alpha value is -1.48. The van der Waals surface area contributed by atoms with Crippen LogP contribution in [0.5, 0.6) is 0 Å². The molecule has 0 unspecified atom stereocenters. The highest BCUT2D eigenvalue weighted by molar-refractivity contribution is 7.89. The summed E-state index contributed by atoms with van der Waals surface area (Å²) in [6.45, 7) is 1.23. The van der Waals surface area contributed by atoms with Crippen molar-refractivity contribution in [3.63, 3.8) is 0 Å². The molecule has 2 fully saturated rings. The fourth-order valence-electron chi connectivity index (χ4n) is 3.67. The molecular formula is C19H27ClN4O3S. The van der Waals surface area contributed by atoms with Gasteiger partial charge in [0.1, 0.15) is 0 Å². The number of hydrogen-bond acceptors (Lipinski definition) is 6. The SMILES string of the molecule is Cl.NC1(c2noc(CCc3ccc(S(=O)(=O)N4CCCCC4)cc3)n2)CCC1. The highest BCUT2D eigenvalue weighted by Crippen LogP contribution is 2.36. The topological polar surface area (TPSA) is 102 Å². The second-order valence-electron chi connectivity index (χ2n) is 7.63. The van der Waals surface area contributed by atoms with E-state index < -0.39 is 15.6 Å². The molecule has 0 atom stereocenters. The van der Waals surface area contributed by atoms with Crippen LogP contribution in [0.3, 0.4) is 0 Å². The van der Waals surface area contributed by atoms with Gasteiger partial charge >= 0.3 is 0 Å². The molecule has 1 aromatic carbocycles. The van der Waals surface area contributed by atoms with Crippen LogP contribution in [-0.4, -0.2) is 36.0 Å². The molecule has 2 aromatic rings. The summed E-state index contributed by atoms with van der Waals surface area (Å²) in [7, 11) is -3.38. The maximum atomic E-state index is 12.7. The molecule has 1 saturated carbocycles.